The second-order valence-electron chi connectivity index (χ2n) is 6.75. The molecule has 0 aliphatic heterocycles. The minimum atomic E-state index is -0.605. The van der Waals surface area contributed by atoms with Crippen LogP contribution in [-0.4, -0.2) is 51.4 Å². The van der Waals surface area contributed by atoms with Crippen molar-refractivity contribution in [2.75, 3.05) is 26.2 Å². The number of rotatable bonds is 8. The van der Waals surface area contributed by atoms with E-state index in [0.717, 1.165) is 51.7 Å². The molecule has 1 aliphatic rings. The summed E-state index contributed by atoms with van der Waals surface area (Å²) < 4.78 is 1.32. The Kier molecular flexibility index (Phi) is 7.44. The molecule has 2 rings (SSSR count). The van der Waals surface area contributed by atoms with Gasteiger partial charge in [0.1, 0.15) is 5.56 Å². The molecule has 1 heterocycles. The van der Waals surface area contributed by atoms with Gasteiger partial charge in [-0.25, -0.2) is 4.79 Å². The van der Waals surface area contributed by atoms with Crippen LogP contribution in [0, 0.1) is 0 Å². The van der Waals surface area contributed by atoms with Crippen molar-refractivity contribution in [2.24, 2.45) is 5.10 Å². The maximum Gasteiger partial charge on any atom is 0.331 e. The molecule has 8 heteroatoms. The monoisotopic (exact) mass is 365 g/mol. The highest BCUT2D eigenvalue weighted by Crippen LogP contribution is 2.30. The SMILES string of the molecule is CCN(CC)CCNN=C(C)c1c(O)n(C2CCCCC2)c(=O)[nH]c1=O. The highest BCUT2D eigenvalue weighted by molar-refractivity contribution is 6.00. The Morgan fingerprint density at radius 1 is 1.27 bits per heavy atom. The van der Waals surface area contributed by atoms with Gasteiger partial charge in [-0.1, -0.05) is 33.1 Å². The van der Waals surface area contributed by atoms with Crippen molar-refractivity contribution in [3.63, 3.8) is 0 Å². The van der Waals surface area contributed by atoms with Gasteiger partial charge in [-0.05, 0) is 32.9 Å². The summed E-state index contributed by atoms with van der Waals surface area (Å²) in [5.41, 5.74) is 2.22. The summed E-state index contributed by atoms with van der Waals surface area (Å²) in [6, 6.07) is -0.0738. The predicted molar refractivity (Wildman–Crippen MR) is 103 cm³/mol. The summed E-state index contributed by atoms with van der Waals surface area (Å²) in [6.07, 6.45) is 4.84. The summed E-state index contributed by atoms with van der Waals surface area (Å²) in [7, 11) is 0. The lowest BCUT2D eigenvalue weighted by molar-refractivity contribution is 0.298. The molecule has 1 aromatic rings. The summed E-state index contributed by atoms with van der Waals surface area (Å²) >= 11 is 0. The number of hydrogen-bond acceptors (Lipinski definition) is 6. The molecule has 0 unspecified atom stereocenters. The van der Waals surface area contributed by atoms with Crippen LogP contribution in [0.4, 0.5) is 0 Å². The Morgan fingerprint density at radius 3 is 2.54 bits per heavy atom. The molecule has 0 saturated heterocycles. The third kappa shape index (κ3) is 4.75. The van der Waals surface area contributed by atoms with E-state index in [4.69, 9.17) is 0 Å². The summed E-state index contributed by atoms with van der Waals surface area (Å²) in [5, 5.41) is 14.8. The molecule has 26 heavy (non-hydrogen) atoms. The molecule has 0 radical (unpaired) electrons. The Labute approximate surface area is 153 Å². The first-order chi connectivity index (χ1) is 12.5. The van der Waals surface area contributed by atoms with Crippen molar-refractivity contribution in [1.82, 2.24) is 19.9 Å². The van der Waals surface area contributed by atoms with Gasteiger partial charge >= 0.3 is 5.69 Å². The third-order valence-corrected chi connectivity index (χ3v) is 5.10. The van der Waals surface area contributed by atoms with Crippen LogP contribution in [0.3, 0.4) is 0 Å². The van der Waals surface area contributed by atoms with Gasteiger partial charge in [-0.15, -0.1) is 0 Å². The van der Waals surface area contributed by atoms with E-state index in [1.165, 1.54) is 4.57 Å². The highest BCUT2D eigenvalue weighted by atomic mass is 16.3. The van der Waals surface area contributed by atoms with E-state index in [9.17, 15) is 14.7 Å². The number of hydrogen-bond donors (Lipinski definition) is 3. The molecule has 8 nitrogen and oxygen atoms in total. The second kappa shape index (κ2) is 9.56. The van der Waals surface area contributed by atoms with Crippen molar-refractivity contribution in [3.05, 3.63) is 26.4 Å². The number of aromatic nitrogens is 2. The summed E-state index contributed by atoms with van der Waals surface area (Å²) in [4.78, 5) is 29.0. The molecular formula is C18H31N5O3. The Bertz CT molecular complexity index is 727. The van der Waals surface area contributed by atoms with E-state index in [0.29, 0.717) is 12.3 Å². The van der Waals surface area contributed by atoms with Gasteiger partial charge in [0.15, 0.2) is 0 Å². The highest BCUT2D eigenvalue weighted by Gasteiger charge is 2.24. The maximum absolute atomic E-state index is 12.2. The lowest BCUT2D eigenvalue weighted by Gasteiger charge is -2.25. The van der Waals surface area contributed by atoms with E-state index in [1.54, 1.807) is 6.92 Å². The van der Waals surface area contributed by atoms with Crippen LogP contribution >= 0.6 is 0 Å². The summed E-state index contributed by atoms with van der Waals surface area (Å²) in [5.74, 6) is -0.280. The molecule has 3 N–H and O–H groups in total. The van der Waals surface area contributed by atoms with E-state index in [2.05, 4.69) is 34.3 Å². The first kappa shape index (κ1) is 20.2. The predicted octanol–water partition coefficient (Wildman–Crippen LogP) is 1.40. The third-order valence-electron chi connectivity index (χ3n) is 5.10. The van der Waals surface area contributed by atoms with Crippen molar-refractivity contribution in [3.8, 4) is 5.88 Å². The average molecular weight is 365 g/mol. The van der Waals surface area contributed by atoms with E-state index >= 15 is 0 Å². The fourth-order valence-corrected chi connectivity index (χ4v) is 3.52. The number of aromatic hydroxyl groups is 1. The molecule has 1 fully saturated rings. The number of nitrogens with zero attached hydrogens (tertiary/aromatic N) is 3. The number of nitrogens with one attached hydrogen (secondary N) is 2. The topological polar surface area (TPSA) is 103 Å². The van der Waals surface area contributed by atoms with Gasteiger partial charge in [-0.3, -0.25) is 14.3 Å². The van der Waals surface area contributed by atoms with Crippen LogP contribution in [-0.2, 0) is 0 Å². The molecular weight excluding hydrogens is 334 g/mol. The lowest BCUT2D eigenvalue weighted by atomic mass is 9.95. The molecule has 0 amide bonds. The molecule has 0 spiro atoms. The van der Waals surface area contributed by atoms with Crippen molar-refractivity contribution in [2.45, 2.75) is 58.9 Å². The fraction of sp³-hybridized carbons (Fsp3) is 0.722. The summed E-state index contributed by atoms with van der Waals surface area (Å²) in [6.45, 7) is 9.27. The Morgan fingerprint density at radius 2 is 1.92 bits per heavy atom. The largest absolute Gasteiger partial charge is 0.494 e. The van der Waals surface area contributed by atoms with Gasteiger partial charge in [0.25, 0.3) is 5.56 Å². The fourth-order valence-electron chi connectivity index (χ4n) is 3.52. The number of aromatic amines is 1. The lowest BCUT2D eigenvalue weighted by Crippen LogP contribution is -2.36. The molecule has 0 aromatic carbocycles. The quantitative estimate of drug-likeness (QED) is 0.367. The molecule has 1 aromatic heterocycles. The van der Waals surface area contributed by atoms with E-state index in [-0.39, 0.29) is 17.5 Å². The van der Waals surface area contributed by atoms with Gasteiger partial charge in [0.05, 0.1) is 5.71 Å². The second-order valence-corrected chi connectivity index (χ2v) is 6.75. The Balaban J connectivity index is 2.21. The van der Waals surface area contributed by atoms with Crippen LogP contribution < -0.4 is 16.7 Å². The molecule has 0 atom stereocenters. The minimum Gasteiger partial charge on any atom is -0.494 e. The maximum atomic E-state index is 12.2. The smallest absolute Gasteiger partial charge is 0.331 e. The zero-order valence-corrected chi connectivity index (χ0v) is 16.0. The molecule has 0 bridgehead atoms. The van der Waals surface area contributed by atoms with Crippen LogP contribution in [0.1, 0.15) is 64.5 Å². The number of H-pyrrole nitrogens is 1. The standard InChI is InChI=1S/C18H31N5O3/c1-4-22(5-2)12-11-19-21-13(3)15-16(24)20-18(26)23(17(15)25)14-9-7-6-8-10-14/h14,19,25H,4-12H2,1-3H3,(H,20,24,26). The molecule has 1 saturated carbocycles. The zero-order valence-electron chi connectivity index (χ0n) is 16.0. The average Bonchev–Trinajstić information content (AvgIpc) is 2.62. The minimum absolute atomic E-state index is 0.0607. The van der Waals surface area contributed by atoms with Gasteiger partial charge in [0, 0.05) is 19.1 Å². The van der Waals surface area contributed by atoms with Gasteiger partial charge in [0.2, 0.25) is 5.88 Å². The number of hydrazone groups is 1. The van der Waals surface area contributed by atoms with E-state index < -0.39 is 11.2 Å². The van der Waals surface area contributed by atoms with Gasteiger partial charge < -0.3 is 15.4 Å². The Hall–Kier alpha value is -2.09. The van der Waals surface area contributed by atoms with Crippen molar-refractivity contribution < 1.29 is 5.11 Å². The first-order valence-electron chi connectivity index (χ1n) is 9.57. The first-order valence-corrected chi connectivity index (χ1v) is 9.57. The van der Waals surface area contributed by atoms with Gasteiger partial charge in [-0.2, -0.15) is 5.10 Å². The van der Waals surface area contributed by atoms with Crippen LogP contribution in [0.25, 0.3) is 0 Å². The molecule has 146 valence electrons. The normalized spacial score (nSPS) is 16.2. The van der Waals surface area contributed by atoms with Crippen molar-refractivity contribution in [1.29, 1.82) is 0 Å². The zero-order chi connectivity index (χ0) is 19.1. The van der Waals surface area contributed by atoms with Crippen molar-refractivity contribution >= 4 is 5.71 Å². The van der Waals surface area contributed by atoms with Crippen LogP contribution in [0.15, 0.2) is 14.7 Å². The van der Waals surface area contributed by atoms with Crippen LogP contribution in [0.2, 0.25) is 0 Å². The van der Waals surface area contributed by atoms with Crippen LogP contribution in [0.5, 0.6) is 5.88 Å². The number of likely N-dealkylation sites (N-methyl/N-ethyl adjacent to an activating group) is 1. The molecule has 1 aliphatic carbocycles. The van der Waals surface area contributed by atoms with E-state index in [1.807, 2.05) is 0 Å².